The van der Waals surface area contributed by atoms with Crippen molar-refractivity contribution in [3.63, 3.8) is 0 Å². The maximum Gasteiger partial charge on any atom is 0.226 e. The Bertz CT molecular complexity index is 593. The Balaban J connectivity index is 1.59. The predicted octanol–water partition coefficient (Wildman–Crippen LogP) is 3.26. The molecule has 22 heavy (non-hydrogen) atoms. The number of oxime groups is 1. The van der Waals surface area contributed by atoms with Crippen molar-refractivity contribution < 1.29 is 9.63 Å². The average Bonchev–Trinajstić information content (AvgIpc) is 3.27. The highest BCUT2D eigenvalue weighted by Crippen LogP contribution is 2.31. The molecular weight excluding hydrogens is 300 g/mol. The van der Waals surface area contributed by atoms with E-state index in [-0.39, 0.29) is 17.9 Å². The maximum atomic E-state index is 12.2. The zero-order valence-electron chi connectivity index (χ0n) is 12.4. The number of carbonyl (C=O) groups excluding carboxylic acids is 1. The quantitative estimate of drug-likeness (QED) is 0.755. The molecule has 116 valence electrons. The number of benzene rings is 1. The maximum absolute atomic E-state index is 12.2. The van der Waals surface area contributed by atoms with E-state index in [4.69, 9.17) is 16.4 Å². The van der Waals surface area contributed by atoms with Gasteiger partial charge in [-0.15, -0.1) is 6.58 Å². The van der Waals surface area contributed by atoms with E-state index in [1.54, 1.807) is 6.08 Å². The van der Waals surface area contributed by atoms with Crippen LogP contribution in [0.15, 0.2) is 42.1 Å². The van der Waals surface area contributed by atoms with Crippen molar-refractivity contribution in [3.8, 4) is 0 Å². The van der Waals surface area contributed by atoms with E-state index in [9.17, 15) is 4.79 Å². The van der Waals surface area contributed by atoms with Crippen molar-refractivity contribution in [2.45, 2.75) is 25.4 Å². The summed E-state index contributed by atoms with van der Waals surface area (Å²) in [5, 5.41) is 4.86. The van der Waals surface area contributed by atoms with Gasteiger partial charge in [0.15, 0.2) is 6.10 Å². The predicted molar refractivity (Wildman–Crippen MR) is 87.0 cm³/mol. The van der Waals surface area contributed by atoms with Gasteiger partial charge in [-0.25, -0.2) is 0 Å². The molecule has 1 aliphatic carbocycles. The Kier molecular flexibility index (Phi) is 4.48. The summed E-state index contributed by atoms with van der Waals surface area (Å²) in [6, 6.07) is 7.55. The van der Waals surface area contributed by atoms with Gasteiger partial charge >= 0.3 is 0 Å². The fraction of sp³-hybridized carbons (Fsp3) is 0.412. The summed E-state index contributed by atoms with van der Waals surface area (Å²) in [5.74, 6) is 0.418. The third-order valence-electron chi connectivity index (χ3n) is 3.92. The molecule has 5 heteroatoms. The molecule has 1 saturated carbocycles. The molecule has 0 spiro atoms. The van der Waals surface area contributed by atoms with E-state index in [1.807, 2.05) is 29.2 Å². The number of amides is 1. The number of nitrogens with zero attached hydrogens (tertiary/aromatic N) is 2. The van der Waals surface area contributed by atoms with Gasteiger partial charge in [-0.2, -0.15) is 0 Å². The number of halogens is 1. The molecule has 1 atom stereocenters. The minimum absolute atomic E-state index is 0.0895. The Morgan fingerprint density at radius 1 is 1.41 bits per heavy atom. The lowest BCUT2D eigenvalue weighted by Crippen LogP contribution is -2.38. The first-order chi connectivity index (χ1) is 10.7. The van der Waals surface area contributed by atoms with Crippen LogP contribution < -0.4 is 0 Å². The van der Waals surface area contributed by atoms with Crippen LogP contribution in [0.5, 0.6) is 0 Å². The van der Waals surface area contributed by atoms with Crippen molar-refractivity contribution in [2.75, 3.05) is 13.1 Å². The van der Waals surface area contributed by atoms with Crippen molar-refractivity contribution in [1.82, 2.24) is 4.90 Å². The van der Waals surface area contributed by atoms with Crippen molar-refractivity contribution in [1.29, 1.82) is 0 Å². The monoisotopic (exact) mass is 318 g/mol. The summed E-state index contributed by atoms with van der Waals surface area (Å²) in [6.07, 6.45) is 4.38. The molecule has 1 fully saturated rings. The second kappa shape index (κ2) is 6.53. The molecule has 1 amide bonds. The van der Waals surface area contributed by atoms with Crippen LogP contribution in [-0.4, -0.2) is 35.7 Å². The Morgan fingerprint density at radius 3 is 2.77 bits per heavy atom. The summed E-state index contributed by atoms with van der Waals surface area (Å²) in [4.78, 5) is 19.6. The SMILES string of the molecule is C=CCN(CC1CC(c2ccc(Cl)cc2)=NO1)C(=O)C1CC1. The third kappa shape index (κ3) is 3.50. The highest BCUT2D eigenvalue weighted by molar-refractivity contribution is 6.30. The van der Waals surface area contributed by atoms with E-state index in [1.165, 1.54) is 0 Å². The normalized spacial score (nSPS) is 20.2. The zero-order valence-corrected chi connectivity index (χ0v) is 13.1. The number of hydrogen-bond acceptors (Lipinski definition) is 3. The van der Waals surface area contributed by atoms with Crippen molar-refractivity contribution >= 4 is 23.2 Å². The largest absolute Gasteiger partial charge is 0.390 e. The lowest BCUT2D eigenvalue weighted by Gasteiger charge is -2.23. The van der Waals surface area contributed by atoms with E-state index in [2.05, 4.69) is 11.7 Å². The zero-order chi connectivity index (χ0) is 15.5. The molecule has 0 N–H and O–H groups in total. The molecule has 0 radical (unpaired) electrons. The van der Waals surface area contributed by atoms with Crippen LogP contribution in [0.1, 0.15) is 24.8 Å². The molecule has 0 bridgehead atoms. The molecule has 1 unspecified atom stereocenters. The van der Waals surface area contributed by atoms with Gasteiger partial charge in [0.1, 0.15) is 0 Å². The van der Waals surface area contributed by atoms with Crippen molar-refractivity contribution in [2.24, 2.45) is 11.1 Å². The minimum atomic E-state index is -0.0895. The second-order valence-corrected chi connectivity index (χ2v) is 6.22. The highest BCUT2D eigenvalue weighted by Gasteiger charge is 2.35. The van der Waals surface area contributed by atoms with Crippen LogP contribution in [0.2, 0.25) is 5.02 Å². The van der Waals surface area contributed by atoms with Gasteiger partial charge < -0.3 is 9.74 Å². The smallest absolute Gasteiger partial charge is 0.226 e. The van der Waals surface area contributed by atoms with Gasteiger partial charge in [-0.3, -0.25) is 4.79 Å². The first-order valence-electron chi connectivity index (χ1n) is 7.55. The molecule has 4 nitrogen and oxygen atoms in total. The molecule has 1 aromatic carbocycles. The van der Waals surface area contributed by atoms with Crippen LogP contribution in [0.25, 0.3) is 0 Å². The second-order valence-electron chi connectivity index (χ2n) is 5.78. The minimum Gasteiger partial charge on any atom is -0.390 e. The molecule has 2 aliphatic rings. The molecule has 1 heterocycles. The average molecular weight is 319 g/mol. The fourth-order valence-corrected chi connectivity index (χ4v) is 2.71. The molecule has 1 aliphatic heterocycles. The fourth-order valence-electron chi connectivity index (χ4n) is 2.58. The van der Waals surface area contributed by atoms with Crippen LogP contribution >= 0.6 is 11.6 Å². The Hall–Kier alpha value is -1.81. The van der Waals surface area contributed by atoms with E-state index < -0.39 is 0 Å². The number of rotatable bonds is 6. The molecule has 0 saturated heterocycles. The van der Waals surface area contributed by atoms with Crippen LogP contribution in [0.4, 0.5) is 0 Å². The first-order valence-corrected chi connectivity index (χ1v) is 7.93. The van der Waals surface area contributed by atoms with Gasteiger partial charge in [-0.1, -0.05) is 35.0 Å². The first kappa shape index (κ1) is 15.1. The Morgan fingerprint density at radius 2 is 2.14 bits per heavy atom. The molecule has 1 aromatic rings. The van der Waals surface area contributed by atoms with E-state index in [0.29, 0.717) is 24.5 Å². The lowest BCUT2D eigenvalue weighted by atomic mass is 10.0. The van der Waals surface area contributed by atoms with Gasteiger partial charge in [0, 0.05) is 23.9 Å². The van der Waals surface area contributed by atoms with Gasteiger partial charge in [-0.05, 0) is 30.5 Å². The van der Waals surface area contributed by atoms with Crippen LogP contribution in [0, 0.1) is 5.92 Å². The summed E-state index contributed by atoms with van der Waals surface area (Å²) < 4.78 is 0. The Labute approximate surface area is 135 Å². The van der Waals surface area contributed by atoms with Gasteiger partial charge in [0.25, 0.3) is 0 Å². The van der Waals surface area contributed by atoms with E-state index >= 15 is 0 Å². The van der Waals surface area contributed by atoms with E-state index in [0.717, 1.165) is 24.1 Å². The molecule has 3 rings (SSSR count). The summed E-state index contributed by atoms with van der Waals surface area (Å²) in [7, 11) is 0. The van der Waals surface area contributed by atoms with Gasteiger partial charge in [0.2, 0.25) is 5.91 Å². The lowest BCUT2D eigenvalue weighted by molar-refractivity contribution is -0.133. The van der Waals surface area contributed by atoms with Crippen LogP contribution in [0.3, 0.4) is 0 Å². The summed E-state index contributed by atoms with van der Waals surface area (Å²) >= 11 is 5.90. The summed E-state index contributed by atoms with van der Waals surface area (Å²) in [6.45, 7) is 4.85. The molecular formula is C17H19ClN2O2. The topological polar surface area (TPSA) is 41.9 Å². The number of hydrogen-bond donors (Lipinski definition) is 0. The van der Waals surface area contributed by atoms with Gasteiger partial charge in [0.05, 0.1) is 12.3 Å². The summed E-state index contributed by atoms with van der Waals surface area (Å²) in [5.41, 5.74) is 1.91. The molecule has 0 aromatic heterocycles. The number of carbonyl (C=O) groups is 1. The standard InChI is InChI=1S/C17H19ClN2O2/c1-2-9-20(17(21)13-3-4-13)11-15-10-16(19-22-15)12-5-7-14(18)8-6-12/h2,5-8,13,15H,1,3-4,9-11H2. The van der Waals surface area contributed by atoms with Crippen molar-refractivity contribution in [3.05, 3.63) is 47.5 Å². The highest BCUT2D eigenvalue weighted by atomic mass is 35.5. The third-order valence-corrected chi connectivity index (χ3v) is 4.17. The van der Waals surface area contributed by atoms with Crippen LogP contribution in [-0.2, 0) is 9.63 Å².